The molecule has 2 aromatic carbocycles. The Morgan fingerprint density at radius 3 is 2.52 bits per heavy atom. The van der Waals surface area contributed by atoms with Crippen molar-refractivity contribution in [1.29, 1.82) is 0 Å². The number of aromatic hydroxyl groups is 1. The number of phenolic OH excluding ortho intramolecular Hbond substituents is 1. The summed E-state index contributed by atoms with van der Waals surface area (Å²) in [6.45, 7) is 4.96. The molecule has 5 nitrogen and oxygen atoms in total. The Kier molecular flexibility index (Phi) is 5.86. The van der Waals surface area contributed by atoms with Crippen LogP contribution in [0.2, 0.25) is 0 Å². The predicted octanol–water partition coefficient (Wildman–Crippen LogP) is 3.95. The number of nitrogens with zero attached hydrogens (tertiary/aromatic N) is 1. The molecular weight excluding hydrogens is 294 g/mol. The fourth-order valence-electron chi connectivity index (χ4n) is 2.08. The Hall–Kier alpha value is -2.69. The Morgan fingerprint density at radius 1 is 1.04 bits per heavy atom. The first-order chi connectivity index (χ1) is 11.2. The molecule has 0 fully saturated rings. The summed E-state index contributed by atoms with van der Waals surface area (Å²) in [4.78, 5) is 4.43. The highest BCUT2D eigenvalue weighted by Crippen LogP contribution is 2.33. The zero-order valence-electron chi connectivity index (χ0n) is 13.6. The van der Waals surface area contributed by atoms with E-state index >= 15 is 0 Å². The van der Waals surface area contributed by atoms with Gasteiger partial charge in [-0.2, -0.15) is 0 Å². The monoisotopic (exact) mass is 315 g/mol. The number of hydrogen-bond donors (Lipinski definition) is 1. The molecule has 0 unspecified atom stereocenters. The highest BCUT2D eigenvalue weighted by molar-refractivity contribution is 5.87. The second-order valence-electron chi connectivity index (χ2n) is 4.65. The van der Waals surface area contributed by atoms with Crippen LogP contribution in [-0.4, -0.2) is 31.6 Å². The van der Waals surface area contributed by atoms with Gasteiger partial charge in [0.15, 0.2) is 11.5 Å². The first-order valence-corrected chi connectivity index (χ1v) is 7.49. The Balaban J connectivity index is 2.35. The second-order valence-corrected chi connectivity index (χ2v) is 4.65. The summed E-state index contributed by atoms with van der Waals surface area (Å²) < 4.78 is 16.2. The van der Waals surface area contributed by atoms with Crippen LogP contribution in [0.15, 0.2) is 41.4 Å². The fraction of sp³-hybridized carbons (Fsp3) is 0.278. The molecule has 0 amide bonds. The van der Waals surface area contributed by atoms with Gasteiger partial charge in [0.25, 0.3) is 0 Å². The molecule has 0 saturated carbocycles. The first-order valence-electron chi connectivity index (χ1n) is 7.49. The number of rotatable bonds is 7. The zero-order valence-corrected chi connectivity index (χ0v) is 13.6. The van der Waals surface area contributed by atoms with Crippen LogP contribution < -0.4 is 14.2 Å². The molecule has 0 atom stereocenters. The van der Waals surface area contributed by atoms with Crippen LogP contribution in [0.3, 0.4) is 0 Å². The summed E-state index contributed by atoms with van der Waals surface area (Å²) in [6.07, 6.45) is 1.57. The maximum absolute atomic E-state index is 10.1. The lowest BCUT2D eigenvalue weighted by Gasteiger charge is -2.10. The standard InChI is InChI=1S/C18H21NO4/c1-4-22-14-9-10-16(23-5-2)15(11-14)19-12-13-7-6-8-17(21-3)18(13)20/h6-12,20H,4-5H2,1-3H3. The molecule has 0 radical (unpaired) electrons. The summed E-state index contributed by atoms with van der Waals surface area (Å²) in [6, 6.07) is 10.7. The van der Waals surface area contributed by atoms with E-state index in [-0.39, 0.29) is 5.75 Å². The summed E-state index contributed by atoms with van der Waals surface area (Å²) in [5.74, 6) is 1.84. The lowest BCUT2D eigenvalue weighted by atomic mass is 10.2. The zero-order chi connectivity index (χ0) is 16.7. The van der Waals surface area contributed by atoms with E-state index in [9.17, 15) is 5.11 Å². The van der Waals surface area contributed by atoms with Crippen molar-refractivity contribution in [3.63, 3.8) is 0 Å². The van der Waals surface area contributed by atoms with Crippen LogP contribution in [0.1, 0.15) is 19.4 Å². The highest BCUT2D eigenvalue weighted by Gasteiger charge is 2.07. The molecule has 0 spiro atoms. The van der Waals surface area contributed by atoms with Gasteiger partial charge in [-0.3, -0.25) is 4.99 Å². The van der Waals surface area contributed by atoms with Gasteiger partial charge in [0, 0.05) is 17.8 Å². The molecule has 23 heavy (non-hydrogen) atoms. The van der Waals surface area contributed by atoms with Gasteiger partial charge in [0.05, 0.1) is 20.3 Å². The van der Waals surface area contributed by atoms with Crippen LogP contribution in [-0.2, 0) is 0 Å². The van der Waals surface area contributed by atoms with Crippen molar-refractivity contribution < 1.29 is 19.3 Å². The third-order valence-electron chi connectivity index (χ3n) is 3.13. The van der Waals surface area contributed by atoms with Gasteiger partial charge in [-0.15, -0.1) is 0 Å². The average molecular weight is 315 g/mol. The molecule has 0 heterocycles. The lowest BCUT2D eigenvalue weighted by Crippen LogP contribution is -1.95. The summed E-state index contributed by atoms with van der Waals surface area (Å²) in [5, 5.41) is 10.1. The van der Waals surface area contributed by atoms with Gasteiger partial charge >= 0.3 is 0 Å². The number of methoxy groups -OCH3 is 1. The van der Waals surface area contributed by atoms with Gasteiger partial charge in [-0.1, -0.05) is 6.07 Å². The molecule has 122 valence electrons. The highest BCUT2D eigenvalue weighted by atomic mass is 16.5. The topological polar surface area (TPSA) is 60.3 Å². The minimum Gasteiger partial charge on any atom is -0.504 e. The van der Waals surface area contributed by atoms with E-state index in [1.165, 1.54) is 7.11 Å². The van der Waals surface area contributed by atoms with E-state index in [0.29, 0.717) is 36.0 Å². The normalized spacial score (nSPS) is 10.7. The maximum Gasteiger partial charge on any atom is 0.166 e. The number of aliphatic imine (C=N–C) groups is 1. The first kappa shape index (κ1) is 16.7. The molecule has 1 N–H and O–H groups in total. The fourth-order valence-corrected chi connectivity index (χ4v) is 2.08. The minimum absolute atomic E-state index is 0.0534. The summed E-state index contributed by atoms with van der Waals surface area (Å²) in [5.41, 5.74) is 1.20. The van der Waals surface area contributed by atoms with Gasteiger partial charge in [-0.25, -0.2) is 0 Å². The number of ether oxygens (including phenoxy) is 3. The lowest BCUT2D eigenvalue weighted by molar-refractivity contribution is 0.331. The van der Waals surface area contributed by atoms with Crippen molar-refractivity contribution >= 4 is 11.9 Å². The van der Waals surface area contributed by atoms with E-state index < -0.39 is 0 Å². The summed E-state index contributed by atoms with van der Waals surface area (Å²) in [7, 11) is 1.51. The smallest absolute Gasteiger partial charge is 0.166 e. The minimum atomic E-state index is 0.0534. The number of para-hydroxylation sites is 1. The van der Waals surface area contributed by atoms with E-state index in [0.717, 1.165) is 5.75 Å². The van der Waals surface area contributed by atoms with E-state index in [1.54, 1.807) is 24.4 Å². The number of hydrogen-bond acceptors (Lipinski definition) is 5. The van der Waals surface area contributed by atoms with E-state index in [1.807, 2.05) is 32.0 Å². The number of benzene rings is 2. The predicted molar refractivity (Wildman–Crippen MR) is 90.7 cm³/mol. The Labute approximate surface area is 136 Å². The molecule has 0 saturated heterocycles. The van der Waals surface area contributed by atoms with Crippen molar-refractivity contribution in [2.75, 3.05) is 20.3 Å². The maximum atomic E-state index is 10.1. The van der Waals surface area contributed by atoms with Crippen molar-refractivity contribution in [2.24, 2.45) is 4.99 Å². The molecular formula is C18H21NO4. The molecule has 2 aromatic rings. The molecule has 0 aromatic heterocycles. The van der Waals surface area contributed by atoms with E-state index in [2.05, 4.69) is 4.99 Å². The van der Waals surface area contributed by atoms with E-state index in [4.69, 9.17) is 14.2 Å². The third-order valence-corrected chi connectivity index (χ3v) is 3.13. The Bertz CT molecular complexity index is 683. The van der Waals surface area contributed by atoms with Gasteiger partial charge in [-0.05, 0) is 38.1 Å². The van der Waals surface area contributed by atoms with Crippen LogP contribution in [0.4, 0.5) is 5.69 Å². The van der Waals surface area contributed by atoms with Gasteiger partial charge in [0.2, 0.25) is 0 Å². The molecule has 2 rings (SSSR count). The van der Waals surface area contributed by atoms with Crippen LogP contribution in [0.25, 0.3) is 0 Å². The SMILES string of the molecule is CCOc1ccc(OCC)c(N=Cc2cccc(OC)c2O)c1. The quantitative estimate of drug-likeness (QED) is 0.786. The summed E-state index contributed by atoms with van der Waals surface area (Å²) >= 11 is 0. The number of phenols is 1. The van der Waals surface area contributed by atoms with Crippen molar-refractivity contribution in [3.8, 4) is 23.0 Å². The second kappa shape index (κ2) is 8.08. The van der Waals surface area contributed by atoms with Crippen molar-refractivity contribution in [1.82, 2.24) is 0 Å². The van der Waals surface area contributed by atoms with Crippen molar-refractivity contribution in [3.05, 3.63) is 42.0 Å². The van der Waals surface area contributed by atoms with Gasteiger partial charge < -0.3 is 19.3 Å². The van der Waals surface area contributed by atoms with Gasteiger partial charge in [0.1, 0.15) is 17.2 Å². The molecule has 0 aliphatic rings. The van der Waals surface area contributed by atoms with Crippen molar-refractivity contribution in [2.45, 2.75) is 13.8 Å². The average Bonchev–Trinajstić information content (AvgIpc) is 2.56. The van der Waals surface area contributed by atoms with Crippen LogP contribution in [0.5, 0.6) is 23.0 Å². The Morgan fingerprint density at radius 2 is 1.83 bits per heavy atom. The molecule has 0 aliphatic heterocycles. The largest absolute Gasteiger partial charge is 0.504 e. The molecule has 5 heteroatoms. The van der Waals surface area contributed by atoms with Crippen LogP contribution in [0, 0.1) is 0 Å². The molecule has 0 aliphatic carbocycles. The van der Waals surface area contributed by atoms with Crippen LogP contribution >= 0.6 is 0 Å². The third kappa shape index (κ3) is 4.16. The molecule has 0 bridgehead atoms.